The van der Waals surface area contributed by atoms with Crippen LogP contribution in [-0.2, 0) is 0 Å². The van der Waals surface area contributed by atoms with E-state index in [9.17, 15) is 0 Å². The minimum atomic E-state index is 0.425. The van der Waals surface area contributed by atoms with Crippen LogP contribution in [0.4, 0.5) is 0 Å². The van der Waals surface area contributed by atoms with E-state index in [2.05, 4.69) is 20.9 Å². The van der Waals surface area contributed by atoms with Crippen LogP contribution in [0.2, 0.25) is 0 Å². The van der Waals surface area contributed by atoms with Gasteiger partial charge in [-0.2, -0.15) is 0 Å². The van der Waals surface area contributed by atoms with Crippen LogP contribution in [0, 0.1) is 0 Å². The highest BCUT2D eigenvalue weighted by Crippen LogP contribution is 2.24. The lowest BCUT2D eigenvalue weighted by Gasteiger charge is -2.12. The van der Waals surface area contributed by atoms with Gasteiger partial charge in [0.25, 0.3) is 0 Å². The number of ether oxygens (including phenoxy) is 1. The first kappa shape index (κ1) is 9.00. The van der Waals surface area contributed by atoms with Crippen molar-refractivity contribution in [2.24, 2.45) is 0 Å². The summed E-state index contributed by atoms with van der Waals surface area (Å²) in [7, 11) is 0. The van der Waals surface area contributed by atoms with Gasteiger partial charge in [-0.05, 0) is 47.7 Å². The monoisotopic (exact) mass is 241 g/mol. The van der Waals surface area contributed by atoms with Crippen molar-refractivity contribution < 1.29 is 4.74 Å². The quantitative estimate of drug-likeness (QED) is 0.743. The normalized spacial score (nSPS) is 17.6. The Kier molecular flexibility index (Phi) is 2.83. The van der Waals surface area contributed by atoms with Crippen LogP contribution >= 0.6 is 15.9 Å². The van der Waals surface area contributed by atoms with Crippen LogP contribution < -0.4 is 4.74 Å². The molecule has 0 spiro atoms. The fourth-order valence-electron chi connectivity index (χ4n) is 1.66. The number of aromatic nitrogens is 1. The Labute approximate surface area is 86.5 Å². The summed E-state index contributed by atoms with van der Waals surface area (Å²) in [6.07, 6.45) is 7.18. The summed E-state index contributed by atoms with van der Waals surface area (Å²) < 4.78 is 6.62. The average molecular weight is 242 g/mol. The van der Waals surface area contributed by atoms with E-state index < -0.39 is 0 Å². The largest absolute Gasteiger partial charge is 0.490 e. The van der Waals surface area contributed by atoms with Crippen molar-refractivity contribution in [1.29, 1.82) is 0 Å². The molecule has 13 heavy (non-hydrogen) atoms. The van der Waals surface area contributed by atoms with Crippen LogP contribution in [-0.4, -0.2) is 11.1 Å². The smallest absolute Gasteiger partial charge is 0.123 e. The number of rotatable bonds is 2. The Morgan fingerprint density at radius 1 is 1.38 bits per heavy atom. The van der Waals surface area contributed by atoms with Crippen molar-refractivity contribution in [2.75, 3.05) is 0 Å². The summed E-state index contributed by atoms with van der Waals surface area (Å²) in [4.78, 5) is 4.05. The lowest BCUT2D eigenvalue weighted by Crippen LogP contribution is -2.10. The van der Waals surface area contributed by atoms with Gasteiger partial charge in [-0.15, -0.1) is 0 Å². The zero-order valence-electron chi connectivity index (χ0n) is 7.37. The predicted octanol–water partition coefficient (Wildman–Crippen LogP) is 3.17. The van der Waals surface area contributed by atoms with Gasteiger partial charge in [0.15, 0.2) is 0 Å². The molecular formula is C10H12BrNO. The Morgan fingerprint density at radius 3 is 2.85 bits per heavy atom. The zero-order valence-corrected chi connectivity index (χ0v) is 8.96. The lowest BCUT2D eigenvalue weighted by atomic mass is 10.3. The van der Waals surface area contributed by atoms with Gasteiger partial charge < -0.3 is 4.74 Å². The fourth-order valence-corrected chi connectivity index (χ4v) is 2.00. The fraction of sp³-hybridized carbons (Fsp3) is 0.500. The van der Waals surface area contributed by atoms with Crippen molar-refractivity contribution in [3.63, 3.8) is 0 Å². The van der Waals surface area contributed by atoms with E-state index in [4.69, 9.17) is 4.74 Å². The first-order chi connectivity index (χ1) is 6.34. The zero-order chi connectivity index (χ0) is 9.10. The van der Waals surface area contributed by atoms with Crippen LogP contribution in [0.25, 0.3) is 0 Å². The van der Waals surface area contributed by atoms with Crippen LogP contribution in [0.5, 0.6) is 5.75 Å². The molecule has 1 saturated carbocycles. The Balaban J connectivity index is 2.00. The van der Waals surface area contributed by atoms with E-state index in [0.29, 0.717) is 6.10 Å². The number of nitrogens with zero attached hydrogens (tertiary/aromatic N) is 1. The number of pyridine rings is 1. The SMILES string of the molecule is Brc1cc(OC2CCCC2)ccn1. The predicted molar refractivity (Wildman–Crippen MR) is 54.8 cm³/mol. The molecule has 3 heteroatoms. The lowest BCUT2D eigenvalue weighted by molar-refractivity contribution is 0.209. The van der Waals surface area contributed by atoms with E-state index in [1.54, 1.807) is 6.20 Å². The van der Waals surface area contributed by atoms with Gasteiger partial charge in [-0.1, -0.05) is 0 Å². The summed E-state index contributed by atoms with van der Waals surface area (Å²) >= 11 is 3.32. The molecule has 70 valence electrons. The van der Waals surface area contributed by atoms with Gasteiger partial charge in [-0.25, -0.2) is 4.98 Å². The molecule has 0 bridgehead atoms. The van der Waals surface area contributed by atoms with E-state index in [0.717, 1.165) is 10.4 Å². The molecule has 0 amide bonds. The molecule has 0 aliphatic heterocycles. The molecule has 0 atom stereocenters. The molecule has 1 aliphatic rings. The first-order valence-corrected chi connectivity index (χ1v) is 5.42. The average Bonchev–Trinajstić information content (AvgIpc) is 2.57. The van der Waals surface area contributed by atoms with E-state index in [-0.39, 0.29) is 0 Å². The van der Waals surface area contributed by atoms with Gasteiger partial charge >= 0.3 is 0 Å². The summed E-state index contributed by atoms with van der Waals surface area (Å²) in [5.74, 6) is 0.925. The van der Waals surface area contributed by atoms with Gasteiger partial charge in [0.05, 0.1) is 6.10 Å². The van der Waals surface area contributed by atoms with Crippen molar-refractivity contribution in [3.8, 4) is 5.75 Å². The molecule has 0 unspecified atom stereocenters. The summed E-state index contributed by atoms with van der Waals surface area (Å²) in [5, 5.41) is 0. The van der Waals surface area contributed by atoms with Gasteiger partial charge in [0.2, 0.25) is 0 Å². The minimum Gasteiger partial charge on any atom is -0.490 e. The second kappa shape index (κ2) is 4.09. The van der Waals surface area contributed by atoms with Crippen molar-refractivity contribution in [2.45, 2.75) is 31.8 Å². The highest BCUT2D eigenvalue weighted by atomic mass is 79.9. The highest BCUT2D eigenvalue weighted by molar-refractivity contribution is 9.10. The summed E-state index contributed by atoms with van der Waals surface area (Å²) in [5.41, 5.74) is 0. The topological polar surface area (TPSA) is 22.1 Å². The van der Waals surface area contributed by atoms with Crippen LogP contribution in [0.3, 0.4) is 0 Å². The third-order valence-electron chi connectivity index (χ3n) is 2.30. The number of hydrogen-bond donors (Lipinski definition) is 0. The van der Waals surface area contributed by atoms with E-state index >= 15 is 0 Å². The Morgan fingerprint density at radius 2 is 2.15 bits per heavy atom. The molecule has 0 radical (unpaired) electrons. The van der Waals surface area contributed by atoms with Gasteiger partial charge in [0, 0.05) is 12.3 Å². The van der Waals surface area contributed by atoms with Crippen molar-refractivity contribution >= 4 is 15.9 Å². The van der Waals surface area contributed by atoms with Crippen molar-refractivity contribution in [3.05, 3.63) is 22.9 Å². The number of halogens is 1. The Bertz CT molecular complexity index is 284. The van der Waals surface area contributed by atoms with E-state index in [1.165, 1.54) is 25.7 Å². The summed E-state index contributed by atoms with van der Waals surface area (Å²) in [6.45, 7) is 0. The highest BCUT2D eigenvalue weighted by Gasteiger charge is 2.16. The third kappa shape index (κ3) is 2.44. The van der Waals surface area contributed by atoms with Crippen LogP contribution in [0.1, 0.15) is 25.7 Å². The van der Waals surface area contributed by atoms with E-state index in [1.807, 2.05) is 12.1 Å². The molecule has 0 saturated heterocycles. The standard InChI is InChI=1S/C10H12BrNO/c11-10-7-9(5-6-12-10)13-8-3-1-2-4-8/h5-8H,1-4H2. The maximum atomic E-state index is 5.79. The maximum Gasteiger partial charge on any atom is 0.123 e. The van der Waals surface area contributed by atoms with Gasteiger partial charge in [0.1, 0.15) is 10.4 Å². The number of hydrogen-bond acceptors (Lipinski definition) is 2. The molecule has 1 aliphatic carbocycles. The minimum absolute atomic E-state index is 0.425. The summed E-state index contributed by atoms with van der Waals surface area (Å²) in [6, 6.07) is 3.82. The third-order valence-corrected chi connectivity index (χ3v) is 2.74. The van der Waals surface area contributed by atoms with Gasteiger partial charge in [-0.3, -0.25) is 0 Å². The molecule has 1 aromatic rings. The van der Waals surface area contributed by atoms with Crippen LogP contribution in [0.15, 0.2) is 22.9 Å². The first-order valence-electron chi connectivity index (χ1n) is 4.63. The molecule has 1 aromatic heterocycles. The maximum absolute atomic E-state index is 5.79. The molecular weight excluding hydrogens is 230 g/mol. The molecule has 1 fully saturated rings. The molecule has 2 nitrogen and oxygen atoms in total. The second-order valence-electron chi connectivity index (χ2n) is 3.34. The second-order valence-corrected chi connectivity index (χ2v) is 4.15. The molecule has 0 aromatic carbocycles. The Hall–Kier alpha value is -0.570. The van der Waals surface area contributed by atoms with Crippen molar-refractivity contribution in [1.82, 2.24) is 4.98 Å². The molecule has 0 N–H and O–H groups in total. The molecule has 1 heterocycles. The molecule has 2 rings (SSSR count).